The lowest BCUT2D eigenvalue weighted by molar-refractivity contribution is -0.120. The maximum atomic E-state index is 12.5. The molecule has 0 aromatic heterocycles. The number of aryl methyl sites for hydroxylation is 2. The van der Waals surface area contributed by atoms with Crippen molar-refractivity contribution in [3.05, 3.63) is 64.2 Å². The minimum Gasteiger partial charge on any atom is -0.348 e. The van der Waals surface area contributed by atoms with E-state index in [2.05, 4.69) is 17.4 Å². The number of nitrogens with zero attached hydrogens (tertiary/aromatic N) is 1. The smallest absolute Gasteiger partial charge is 0.241 e. The molecule has 0 fully saturated rings. The van der Waals surface area contributed by atoms with E-state index in [1.165, 1.54) is 17.5 Å². The molecule has 1 aliphatic carbocycles. The molecule has 1 unspecified atom stereocenters. The maximum Gasteiger partial charge on any atom is 0.241 e. The molecule has 1 N–H and O–H groups in total. The van der Waals surface area contributed by atoms with Crippen molar-refractivity contribution in [2.75, 3.05) is 17.1 Å². The van der Waals surface area contributed by atoms with Gasteiger partial charge in [0.05, 0.1) is 18.0 Å². The minimum atomic E-state index is -3.60. The van der Waals surface area contributed by atoms with Gasteiger partial charge in [0.2, 0.25) is 15.9 Å². The average Bonchev–Trinajstić information content (AvgIpc) is 3.07. The molecule has 1 amide bonds. The van der Waals surface area contributed by atoms with E-state index in [4.69, 9.17) is 11.6 Å². The van der Waals surface area contributed by atoms with Crippen LogP contribution in [0.3, 0.4) is 0 Å². The third-order valence-electron chi connectivity index (χ3n) is 4.80. The molecule has 144 valence electrons. The highest BCUT2D eigenvalue weighted by molar-refractivity contribution is 7.92. The highest BCUT2D eigenvalue weighted by atomic mass is 35.5. The summed E-state index contributed by atoms with van der Waals surface area (Å²) in [5.74, 6) is -0.358. The Morgan fingerprint density at radius 3 is 2.48 bits per heavy atom. The lowest BCUT2D eigenvalue weighted by Gasteiger charge is -2.23. The third-order valence-corrected chi connectivity index (χ3v) is 6.19. The van der Waals surface area contributed by atoms with Gasteiger partial charge < -0.3 is 5.32 Å². The van der Waals surface area contributed by atoms with Gasteiger partial charge in [-0.2, -0.15) is 0 Å². The summed E-state index contributed by atoms with van der Waals surface area (Å²) < 4.78 is 25.4. The summed E-state index contributed by atoms with van der Waals surface area (Å²) in [4.78, 5) is 12.5. The predicted molar refractivity (Wildman–Crippen MR) is 109 cm³/mol. The fourth-order valence-corrected chi connectivity index (χ4v) is 4.35. The first-order valence-corrected chi connectivity index (χ1v) is 11.1. The molecule has 0 radical (unpaired) electrons. The summed E-state index contributed by atoms with van der Waals surface area (Å²) in [6, 6.07) is 12.5. The zero-order valence-electron chi connectivity index (χ0n) is 15.4. The Labute approximate surface area is 165 Å². The lowest BCUT2D eigenvalue weighted by Crippen LogP contribution is -2.41. The number of anilines is 1. The molecule has 0 saturated carbocycles. The van der Waals surface area contributed by atoms with Crippen molar-refractivity contribution in [2.45, 2.75) is 32.2 Å². The van der Waals surface area contributed by atoms with Crippen LogP contribution in [-0.4, -0.2) is 27.1 Å². The van der Waals surface area contributed by atoms with E-state index < -0.39 is 10.0 Å². The molecule has 1 aliphatic rings. The molecule has 0 saturated heterocycles. The van der Waals surface area contributed by atoms with Gasteiger partial charge >= 0.3 is 0 Å². The molecule has 1 atom stereocenters. The Morgan fingerprint density at radius 1 is 1.15 bits per heavy atom. The molecule has 2 aromatic carbocycles. The number of carbonyl (C=O) groups is 1. The van der Waals surface area contributed by atoms with Crippen LogP contribution in [0.25, 0.3) is 0 Å². The number of amides is 1. The fraction of sp³-hybridized carbons (Fsp3) is 0.350. The Balaban J connectivity index is 1.71. The molecule has 2 aromatic rings. The Hall–Kier alpha value is -2.05. The number of rotatable bonds is 6. The molecule has 7 heteroatoms. The molecule has 0 aliphatic heterocycles. The van der Waals surface area contributed by atoms with E-state index in [0.717, 1.165) is 29.0 Å². The van der Waals surface area contributed by atoms with Crippen LogP contribution in [0.15, 0.2) is 42.5 Å². The van der Waals surface area contributed by atoms with E-state index in [9.17, 15) is 13.2 Å². The Bertz CT molecular complexity index is 942. The lowest BCUT2D eigenvalue weighted by atomic mass is 10.0. The van der Waals surface area contributed by atoms with Gasteiger partial charge in [-0.05, 0) is 67.1 Å². The fourth-order valence-electron chi connectivity index (χ4n) is 3.37. The Kier molecular flexibility index (Phi) is 5.77. The summed E-state index contributed by atoms with van der Waals surface area (Å²) in [7, 11) is -3.60. The van der Waals surface area contributed by atoms with Crippen LogP contribution in [-0.2, 0) is 27.7 Å². The van der Waals surface area contributed by atoms with Crippen LogP contribution < -0.4 is 9.62 Å². The second kappa shape index (κ2) is 7.90. The van der Waals surface area contributed by atoms with Crippen molar-refractivity contribution in [3.63, 3.8) is 0 Å². The van der Waals surface area contributed by atoms with Gasteiger partial charge in [-0.15, -0.1) is 0 Å². The van der Waals surface area contributed by atoms with Crippen LogP contribution in [0.4, 0.5) is 5.69 Å². The van der Waals surface area contributed by atoms with E-state index in [1.54, 1.807) is 24.3 Å². The van der Waals surface area contributed by atoms with Gasteiger partial charge in [-0.25, -0.2) is 8.42 Å². The molecule has 3 rings (SSSR count). The van der Waals surface area contributed by atoms with Gasteiger partial charge in [0.25, 0.3) is 0 Å². The number of carbonyl (C=O) groups excluding carboxylic acids is 1. The Morgan fingerprint density at radius 2 is 1.81 bits per heavy atom. The molecule has 0 bridgehead atoms. The van der Waals surface area contributed by atoms with Crippen LogP contribution in [0.2, 0.25) is 5.02 Å². The van der Waals surface area contributed by atoms with Crippen molar-refractivity contribution in [2.24, 2.45) is 0 Å². The molecule has 27 heavy (non-hydrogen) atoms. The van der Waals surface area contributed by atoms with E-state index in [0.29, 0.717) is 10.7 Å². The third kappa shape index (κ3) is 4.82. The second-order valence-electron chi connectivity index (χ2n) is 6.92. The first-order chi connectivity index (χ1) is 12.7. The SMILES string of the molecule is CC(NC(=O)CN(c1ccc(Cl)cc1)S(C)(=O)=O)c1ccc2c(c1)CCC2. The van der Waals surface area contributed by atoms with Gasteiger partial charge in [0, 0.05) is 5.02 Å². The number of halogens is 1. The summed E-state index contributed by atoms with van der Waals surface area (Å²) in [5.41, 5.74) is 4.15. The van der Waals surface area contributed by atoms with Gasteiger partial charge in [0.15, 0.2) is 0 Å². The summed E-state index contributed by atoms with van der Waals surface area (Å²) >= 11 is 5.87. The van der Waals surface area contributed by atoms with E-state index in [-0.39, 0.29) is 18.5 Å². The molecular formula is C20H23ClN2O3S. The summed E-state index contributed by atoms with van der Waals surface area (Å²) in [6.45, 7) is 1.62. The van der Waals surface area contributed by atoms with Gasteiger partial charge in [0.1, 0.15) is 6.54 Å². The van der Waals surface area contributed by atoms with Gasteiger partial charge in [-0.3, -0.25) is 9.10 Å². The number of hydrogen-bond donors (Lipinski definition) is 1. The van der Waals surface area contributed by atoms with Crippen LogP contribution >= 0.6 is 11.6 Å². The number of sulfonamides is 1. The van der Waals surface area contributed by atoms with Crippen molar-refractivity contribution < 1.29 is 13.2 Å². The maximum absolute atomic E-state index is 12.5. The monoisotopic (exact) mass is 406 g/mol. The second-order valence-corrected chi connectivity index (χ2v) is 9.26. The first kappa shape index (κ1) is 19.7. The van der Waals surface area contributed by atoms with Crippen LogP contribution in [0, 0.1) is 0 Å². The van der Waals surface area contributed by atoms with E-state index in [1.807, 2.05) is 13.0 Å². The van der Waals surface area contributed by atoms with Crippen molar-refractivity contribution >= 4 is 33.2 Å². The topological polar surface area (TPSA) is 66.5 Å². The van der Waals surface area contributed by atoms with E-state index >= 15 is 0 Å². The zero-order valence-corrected chi connectivity index (χ0v) is 17.0. The first-order valence-electron chi connectivity index (χ1n) is 8.88. The molecule has 5 nitrogen and oxygen atoms in total. The number of fused-ring (bicyclic) bond motifs is 1. The highest BCUT2D eigenvalue weighted by Crippen LogP contribution is 2.25. The van der Waals surface area contributed by atoms with Crippen molar-refractivity contribution in [1.29, 1.82) is 0 Å². The standard InChI is InChI=1S/C20H23ClN2O3S/c1-14(16-7-6-15-4-3-5-17(15)12-16)22-20(24)13-23(27(2,25)26)19-10-8-18(21)9-11-19/h6-12,14H,3-5,13H2,1-2H3,(H,22,24). The van der Waals surface area contributed by atoms with Gasteiger partial charge in [-0.1, -0.05) is 29.8 Å². The zero-order chi connectivity index (χ0) is 19.6. The predicted octanol–water partition coefficient (Wildman–Crippen LogP) is 3.47. The van der Waals surface area contributed by atoms with Crippen LogP contribution in [0.5, 0.6) is 0 Å². The number of nitrogens with one attached hydrogen (secondary N) is 1. The molecule has 0 heterocycles. The van der Waals surface area contributed by atoms with Crippen molar-refractivity contribution in [1.82, 2.24) is 5.32 Å². The quantitative estimate of drug-likeness (QED) is 0.798. The average molecular weight is 407 g/mol. The van der Waals surface area contributed by atoms with Crippen molar-refractivity contribution in [3.8, 4) is 0 Å². The summed E-state index contributed by atoms with van der Waals surface area (Å²) in [5, 5.41) is 3.40. The largest absolute Gasteiger partial charge is 0.348 e. The summed E-state index contributed by atoms with van der Waals surface area (Å²) in [6.07, 6.45) is 4.44. The highest BCUT2D eigenvalue weighted by Gasteiger charge is 2.22. The number of hydrogen-bond acceptors (Lipinski definition) is 3. The molecule has 0 spiro atoms. The minimum absolute atomic E-state index is 0.199. The van der Waals surface area contributed by atoms with Crippen LogP contribution in [0.1, 0.15) is 36.1 Å². The number of benzene rings is 2. The normalized spacial score (nSPS) is 14.5. The molecular weight excluding hydrogens is 384 g/mol.